The minimum absolute atomic E-state index is 0.0660. The Morgan fingerprint density at radius 2 is 2.29 bits per heavy atom. The summed E-state index contributed by atoms with van der Waals surface area (Å²) in [6.07, 6.45) is 4.84. The maximum absolute atomic E-state index is 11.5. The van der Waals surface area contributed by atoms with Crippen molar-refractivity contribution in [3.8, 4) is 0 Å². The third-order valence-electron chi connectivity index (χ3n) is 3.40. The molecule has 1 N–H and O–H groups in total. The fourth-order valence-corrected chi connectivity index (χ4v) is 2.37. The second kappa shape index (κ2) is 8.26. The van der Waals surface area contributed by atoms with E-state index in [9.17, 15) is 10.1 Å². The molecule has 2 aromatic heterocycles. The maximum Gasteiger partial charge on any atom is 0.313 e. The van der Waals surface area contributed by atoms with Crippen LogP contribution in [0.15, 0.2) is 47.3 Å². The summed E-state index contributed by atoms with van der Waals surface area (Å²) in [7, 11) is 1.55. The average molecular weight is 348 g/mol. The van der Waals surface area contributed by atoms with Gasteiger partial charge in [-0.1, -0.05) is 17.7 Å². The third-order valence-corrected chi connectivity index (χ3v) is 3.62. The van der Waals surface area contributed by atoms with Crippen LogP contribution in [0.1, 0.15) is 18.2 Å². The van der Waals surface area contributed by atoms with Gasteiger partial charge in [-0.15, -0.1) is 0 Å². The third kappa shape index (κ3) is 4.42. The predicted molar refractivity (Wildman–Crippen MR) is 94.5 cm³/mol. The lowest BCUT2D eigenvalue weighted by Crippen LogP contribution is -2.34. The van der Waals surface area contributed by atoms with E-state index in [0.29, 0.717) is 29.8 Å². The van der Waals surface area contributed by atoms with Crippen LogP contribution < -0.4 is 0 Å². The zero-order valence-corrected chi connectivity index (χ0v) is 14.2. The molecule has 0 unspecified atom stereocenters. The first-order valence-electron chi connectivity index (χ1n) is 7.37. The van der Waals surface area contributed by atoms with E-state index < -0.39 is 4.92 Å². The first kappa shape index (κ1) is 17.7. The smallest absolute Gasteiger partial charge is 0.313 e. The Balaban J connectivity index is 2.31. The maximum atomic E-state index is 11.5. The van der Waals surface area contributed by atoms with Gasteiger partial charge in [0.25, 0.3) is 0 Å². The number of likely N-dealkylation sites (N-methyl/N-ethyl adjacent to an activating group) is 1. The highest BCUT2D eigenvalue weighted by molar-refractivity contribution is 6.29. The molecular weight excluding hydrogens is 330 g/mol. The van der Waals surface area contributed by atoms with Crippen LogP contribution in [0.4, 0.5) is 0 Å². The van der Waals surface area contributed by atoms with Crippen LogP contribution in [-0.2, 0) is 6.54 Å². The summed E-state index contributed by atoms with van der Waals surface area (Å²) < 4.78 is 0. The Kier molecular flexibility index (Phi) is 6.08. The number of aromatic nitrogens is 2. The van der Waals surface area contributed by atoms with Gasteiger partial charge in [0, 0.05) is 44.3 Å². The van der Waals surface area contributed by atoms with Crippen molar-refractivity contribution in [2.24, 2.45) is 4.99 Å². The molecule has 0 saturated heterocycles. The molecular formula is C16H18ClN5O2. The molecule has 2 aromatic rings. The van der Waals surface area contributed by atoms with Crippen LogP contribution in [0.2, 0.25) is 5.15 Å². The van der Waals surface area contributed by atoms with Crippen molar-refractivity contribution >= 4 is 23.5 Å². The van der Waals surface area contributed by atoms with Gasteiger partial charge in [-0.3, -0.25) is 15.1 Å². The van der Waals surface area contributed by atoms with Crippen molar-refractivity contribution in [3.63, 3.8) is 0 Å². The summed E-state index contributed by atoms with van der Waals surface area (Å²) in [6.45, 7) is 2.93. The van der Waals surface area contributed by atoms with Gasteiger partial charge in [-0.2, -0.15) is 0 Å². The van der Waals surface area contributed by atoms with Gasteiger partial charge < -0.3 is 9.88 Å². The number of nitrogens with one attached hydrogen (secondary N) is 1. The van der Waals surface area contributed by atoms with Gasteiger partial charge in [-0.25, -0.2) is 4.98 Å². The molecule has 0 aromatic carbocycles. The lowest BCUT2D eigenvalue weighted by atomic mass is 10.2. The molecule has 0 amide bonds. The minimum Gasteiger partial charge on any atom is -0.361 e. The molecule has 7 nitrogen and oxygen atoms in total. The van der Waals surface area contributed by atoms with Crippen molar-refractivity contribution in [1.29, 1.82) is 0 Å². The summed E-state index contributed by atoms with van der Waals surface area (Å²) in [5.41, 5.74) is 1.47. The van der Waals surface area contributed by atoms with Crippen LogP contribution >= 0.6 is 11.6 Å². The molecule has 0 aliphatic carbocycles. The number of pyridine rings is 1. The highest BCUT2D eigenvalue weighted by Gasteiger charge is 2.24. The fraction of sp³-hybridized carbons (Fsp3) is 0.250. The van der Waals surface area contributed by atoms with E-state index in [1.54, 1.807) is 37.6 Å². The topological polar surface area (TPSA) is 87.4 Å². The number of hydrogen-bond donors (Lipinski definition) is 1. The van der Waals surface area contributed by atoms with Gasteiger partial charge in [0.15, 0.2) is 0 Å². The van der Waals surface area contributed by atoms with Crippen molar-refractivity contribution in [2.75, 3.05) is 13.6 Å². The van der Waals surface area contributed by atoms with E-state index in [1.807, 2.05) is 17.9 Å². The summed E-state index contributed by atoms with van der Waals surface area (Å²) in [5, 5.41) is 11.9. The van der Waals surface area contributed by atoms with E-state index in [4.69, 9.17) is 11.6 Å². The van der Waals surface area contributed by atoms with Crippen LogP contribution in [0.3, 0.4) is 0 Å². The van der Waals surface area contributed by atoms with Crippen molar-refractivity contribution in [3.05, 3.63) is 68.9 Å². The van der Waals surface area contributed by atoms with Crippen molar-refractivity contribution < 1.29 is 4.92 Å². The molecule has 8 heteroatoms. The lowest BCUT2D eigenvalue weighted by molar-refractivity contribution is -0.414. The molecule has 0 aliphatic heterocycles. The Morgan fingerprint density at radius 3 is 2.79 bits per heavy atom. The van der Waals surface area contributed by atoms with Crippen LogP contribution in [0.5, 0.6) is 0 Å². The Morgan fingerprint density at radius 1 is 1.50 bits per heavy atom. The van der Waals surface area contributed by atoms with E-state index >= 15 is 0 Å². The largest absolute Gasteiger partial charge is 0.361 e. The summed E-state index contributed by atoms with van der Waals surface area (Å²) in [4.78, 5) is 24.0. The number of H-pyrrole nitrogens is 1. The van der Waals surface area contributed by atoms with Crippen molar-refractivity contribution in [2.45, 2.75) is 13.5 Å². The van der Waals surface area contributed by atoms with Crippen molar-refractivity contribution in [1.82, 2.24) is 14.9 Å². The van der Waals surface area contributed by atoms with Crippen LogP contribution in [0, 0.1) is 10.1 Å². The highest BCUT2D eigenvalue weighted by atomic mass is 35.5. The quantitative estimate of drug-likeness (QED) is 0.286. The average Bonchev–Trinajstić information content (AvgIpc) is 3.08. The number of halogens is 1. The molecule has 2 heterocycles. The number of aromatic amines is 1. The lowest BCUT2D eigenvalue weighted by Gasteiger charge is -2.22. The molecule has 126 valence electrons. The Hall–Kier alpha value is -2.67. The minimum atomic E-state index is -0.425. The zero-order chi connectivity index (χ0) is 17.5. The molecule has 24 heavy (non-hydrogen) atoms. The van der Waals surface area contributed by atoms with E-state index in [1.165, 1.54) is 6.08 Å². The second-order valence-electron chi connectivity index (χ2n) is 4.96. The molecule has 0 saturated carbocycles. The first-order valence-corrected chi connectivity index (χ1v) is 7.75. The van der Waals surface area contributed by atoms with Crippen LogP contribution in [-0.4, -0.2) is 39.2 Å². The number of nitrogens with zero attached hydrogens (tertiary/aromatic N) is 4. The van der Waals surface area contributed by atoms with Gasteiger partial charge in [0.2, 0.25) is 5.84 Å². The standard InChI is InChI=1S/C16H18ClN5O2/c1-3-21(11-12-6-7-15(17)20-10-12)16(18-2)14(22(23)24)9-13-5-4-8-19-13/h4-10,19H,3,11H2,1-2H3. The van der Waals surface area contributed by atoms with E-state index in [2.05, 4.69) is 15.0 Å². The summed E-state index contributed by atoms with van der Waals surface area (Å²) in [5.74, 6) is 0.312. The number of nitro groups is 1. The first-order chi connectivity index (χ1) is 11.5. The molecule has 0 fully saturated rings. The summed E-state index contributed by atoms with van der Waals surface area (Å²) >= 11 is 5.79. The number of amidine groups is 1. The van der Waals surface area contributed by atoms with Gasteiger partial charge in [-0.05, 0) is 30.7 Å². The molecule has 2 rings (SSSR count). The molecule has 0 radical (unpaired) electrons. The fourth-order valence-electron chi connectivity index (χ4n) is 2.25. The van der Waals surface area contributed by atoms with E-state index in [-0.39, 0.29) is 5.70 Å². The monoisotopic (exact) mass is 347 g/mol. The number of rotatable bonds is 6. The SMILES string of the molecule is CCN(Cc1ccc(Cl)nc1)C(=NC)C(=Cc1ccc[nH]1)[N+](=O)[O-]. The predicted octanol–water partition coefficient (Wildman–Crippen LogP) is 3.23. The van der Waals surface area contributed by atoms with Crippen LogP contribution in [0.25, 0.3) is 6.08 Å². The molecule has 0 aliphatic rings. The molecule has 0 atom stereocenters. The highest BCUT2D eigenvalue weighted by Crippen LogP contribution is 2.14. The van der Waals surface area contributed by atoms with Gasteiger partial charge in [0.05, 0.1) is 4.92 Å². The number of aliphatic imine (C=N–C) groups is 1. The second-order valence-corrected chi connectivity index (χ2v) is 5.35. The molecule has 0 spiro atoms. The number of hydrogen-bond acceptors (Lipinski definition) is 4. The van der Waals surface area contributed by atoms with Gasteiger partial charge in [0.1, 0.15) is 5.15 Å². The van der Waals surface area contributed by atoms with E-state index in [0.717, 1.165) is 5.56 Å². The van der Waals surface area contributed by atoms with Gasteiger partial charge >= 0.3 is 5.70 Å². The molecule has 0 bridgehead atoms. The Bertz CT molecular complexity index is 738. The summed E-state index contributed by atoms with van der Waals surface area (Å²) in [6, 6.07) is 7.07. The normalized spacial score (nSPS) is 12.3. The zero-order valence-electron chi connectivity index (χ0n) is 13.4. The Labute approximate surface area is 144 Å².